The van der Waals surface area contributed by atoms with E-state index in [0.29, 0.717) is 24.8 Å². The normalized spacial score (nSPS) is 41.3. The van der Waals surface area contributed by atoms with Crippen molar-refractivity contribution < 1.29 is 28.6 Å². The average molecular weight is 431 g/mol. The van der Waals surface area contributed by atoms with Crippen LogP contribution in [-0.2, 0) is 19.1 Å². The summed E-state index contributed by atoms with van der Waals surface area (Å²) in [6.07, 6.45) is 5.30. The van der Waals surface area contributed by atoms with Gasteiger partial charge in [0.2, 0.25) is 0 Å². The van der Waals surface area contributed by atoms with Crippen LogP contribution in [0.3, 0.4) is 0 Å². The minimum atomic E-state index is -1.91. The van der Waals surface area contributed by atoms with Crippen molar-refractivity contribution in [3.05, 3.63) is 34.9 Å². The molecule has 0 unspecified atom stereocenters. The molecule has 4 aliphatic carbocycles. The number of carbonyl (C=O) groups excluding carboxylic acids is 3. The summed E-state index contributed by atoms with van der Waals surface area (Å²) in [6, 6.07) is 0. The van der Waals surface area contributed by atoms with Gasteiger partial charge in [-0.3, -0.25) is 14.4 Å². The lowest BCUT2D eigenvalue weighted by Crippen LogP contribution is -2.66. The zero-order chi connectivity index (χ0) is 22.8. The van der Waals surface area contributed by atoms with Crippen molar-refractivity contribution >= 4 is 17.5 Å². The molecule has 31 heavy (non-hydrogen) atoms. The summed E-state index contributed by atoms with van der Waals surface area (Å²) >= 11 is 0. The number of hydrogen-bond acceptors (Lipinski definition) is 5. The van der Waals surface area contributed by atoms with Crippen LogP contribution in [0.25, 0.3) is 0 Å². The molecule has 5 nitrogen and oxygen atoms in total. The van der Waals surface area contributed by atoms with E-state index in [1.807, 2.05) is 13.8 Å². The summed E-state index contributed by atoms with van der Waals surface area (Å²) in [5.41, 5.74) is -1.41. The Morgan fingerprint density at radius 3 is 2.68 bits per heavy atom. The van der Waals surface area contributed by atoms with Crippen LogP contribution in [0.4, 0.5) is 4.39 Å². The highest BCUT2D eigenvalue weighted by atomic mass is 19.1. The van der Waals surface area contributed by atoms with E-state index >= 15 is 4.39 Å². The second-order valence-corrected chi connectivity index (χ2v) is 10.1. The topological polar surface area (TPSA) is 80.7 Å². The minimum Gasteiger partial charge on any atom is -0.457 e. The van der Waals surface area contributed by atoms with E-state index in [2.05, 4.69) is 0 Å². The molecule has 2 saturated carbocycles. The van der Waals surface area contributed by atoms with Gasteiger partial charge in [-0.2, -0.15) is 0 Å². The highest BCUT2D eigenvalue weighted by Gasteiger charge is 2.70. The smallest absolute Gasteiger partial charge is 0.305 e. The Morgan fingerprint density at radius 1 is 1.29 bits per heavy atom. The van der Waals surface area contributed by atoms with Gasteiger partial charge in [0.25, 0.3) is 0 Å². The fourth-order valence-electron chi connectivity index (χ4n) is 7.02. The number of aliphatic hydroxyl groups excluding tert-OH is 1. The van der Waals surface area contributed by atoms with Crippen molar-refractivity contribution in [1.82, 2.24) is 0 Å². The van der Waals surface area contributed by atoms with Gasteiger partial charge in [0.1, 0.15) is 0 Å². The van der Waals surface area contributed by atoms with Gasteiger partial charge in [0.15, 0.2) is 23.8 Å². The molecule has 6 atom stereocenters. The van der Waals surface area contributed by atoms with E-state index in [1.54, 1.807) is 19.9 Å². The first-order valence-corrected chi connectivity index (χ1v) is 11.2. The molecule has 0 aromatic carbocycles. The maximum atomic E-state index is 17.0. The van der Waals surface area contributed by atoms with Gasteiger partial charge in [0.05, 0.1) is 6.10 Å². The van der Waals surface area contributed by atoms with E-state index < -0.39 is 34.5 Å². The first-order chi connectivity index (χ1) is 14.5. The minimum absolute atomic E-state index is 0.120. The van der Waals surface area contributed by atoms with Crippen molar-refractivity contribution in [2.45, 2.75) is 71.6 Å². The number of rotatable bonds is 4. The second kappa shape index (κ2) is 7.22. The van der Waals surface area contributed by atoms with E-state index in [-0.39, 0.29) is 36.9 Å². The summed E-state index contributed by atoms with van der Waals surface area (Å²) in [7, 11) is 0. The highest BCUT2D eigenvalue weighted by Crippen LogP contribution is 2.68. The zero-order valence-corrected chi connectivity index (χ0v) is 18.7. The van der Waals surface area contributed by atoms with Crippen LogP contribution in [-0.4, -0.2) is 41.0 Å². The highest BCUT2D eigenvalue weighted by molar-refractivity contribution is 6.01. The molecule has 0 aromatic rings. The van der Waals surface area contributed by atoms with Crippen LogP contribution in [0.15, 0.2) is 34.9 Å². The molecular weight excluding hydrogens is 399 g/mol. The summed E-state index contributed by atoms with van der Waals surface area (Å²) in [4.78, 5) is 36.5. The molecule has 2 fully saturated rings. The van der Waals surface area contributed by atoms with Crippen molar-refractivity contribution in [3.8, 4) is 0 Å². The van der Waals surface area contributed by atoms with Crippen LogP contribution in [0.5, 0.6) is 0 Å². The van der Waals surface area contributed by atoms with Crippen molar-refractivity contribution in [1.29, 1.82) is 0 Å². The van der Waals surface area contributed by atoms with Gasteiger partial charge >= 0.3 is 5.97 Å². The third kappa shape index (κ3) is 2.94. The largest absolute Gasteiger partial charge is 0.457 e. The summed E-state index contributed by atoms with van der Waals surface area (Å²) in [6.45, 7) is 6.96. The number of halogens is 1. The van der Waals surface area contributed by atoms with E-state index in [0.717, 1.165) is 11.1 Å². The van der Waals surface area contributed by atoms with E-state index in [4.69, 9.17) is 4.74 Å². The summed E-state index contributed by atoms with van der Waals surface area (Å²) in [5.74, 6) is -1.41. The molecule has 1 N–H and O–H groups in total. The maximum absolute atomic E-state index is 17.0. The molecular formula is C25H31FO5. The third-order valence-electron chi connectivity index (χ3n) is 8.49. The molecule has 0 aromatic heterocycles. The van der Waals surface area contributed by atoms with Crippen molar-refractivity contribution in [2.75, 3.05) is 6.61 Å². The number of alkyl halides is 1. The Hall–Kier alpha value is -2.08. The Morgan fingerprint density at radius 2 is 2.00 bits per heavy atom. The Labute approximate surface area is 182 Å². The Balaban J connectivity index is 1.69. The predicted octanol–water partition coefficient (Wildman–Crippen LogP) is 3.81. The van der Waals surface area contributed by atoms with Gasteiger partial charge in [-0.15, -0.1) is 0 Å². The molecule has 168 valence electrons. The van der Waals surface area contributed by atoms with Crippen LogP contribution in [0, 0.1) is 22.7 Å². The number of aliphatic hydroxyl groups is 1. The van der Waals surface area contributed by atoms with Crippen LogP contribution in [0.2, 0.25) is 0 Å². The molecule has 0 aliphatic heterocycles. The lowest BCUT2D eigenvalue weighted by atomic mass is 9.45. The zero-order valence-electron chi connectivity index (χ0n) is 18.7. The number of ketones is 2. The van der Waals surface area contributed by atoms with E-state index in [9.17, 15) is 19.5 Å². The maximum Gasteiger partial charge on any atom is 0.305 e. The molecule has 0 heterocycles. The monoisotopic (exact) mass is 430 g/mol. The number of fused-ring (bicyclic) bond motifs is 5. The Bertz CT molecular complexity index is 946. The molecule has 6 heteroatoms. The molecule has 4 aliphatic rings. The predicted molar refractivity (Wildman–Crippen MR) is 113 cm³/mol. The number of carbonyl (C=O) groups is 3. The fraction of sp³-hybridized carbons (Fsp3) is 0.640. The number of allylic oxidation sites excluding steroid dienone is 5. The van der Waals surface area contributed by atoms with Crippen LogP contribution < -0.4 is 0 Å². The van der Waals surface area contributed by atoms with Gasteiger partial charge < -0.3 is 9.84 Å². The SMILES string of the molecule is CCC(=O)OCC(=O)C1=C(C)C[C@H]2[C@@H]3CCC4=CC(=O)C=C[C@]4(C)[C@@]3(F)[C@@H](O)C[C@]12C. The first-order valence-electron chi connectivity index (χ1n) is 11.2. The number of Topliss-reactive ketones (excluding diaryl/α,β-unsaturated/α-hetero) is 1. The quantitative estimate of drug-likeness (QED) is 0.686. The average Bonchev–Trinajstić information content (AvgIpc) is 2.97. The van der Waals surface area contributed by atoms with Crippen molar-refractivity contribution in [3.63, 3.8) is 0 Å². The van der Waals surface area contributed by atoms with E-state index in [1.165, 1.54) is 12.2 Å². The lowest BCUT2D eigenvalue weighted by molar-refractivity contribution is -0.185. The number of esters is 1. The molecule has 0 amide bonds. The van der Waals surface area contributed by atoms with Gasteiger partial charge in [0, 0.05) is 28.7 Å². The fourth-order valence-corrected chi connectivity index (χ4v) is 7.02. The lowest BCUT2D eigenvalue weighted by Gasteiger charge is -2.61. The van der Waals surface area contributed by atoms with Crippen LogP contribution >= 0.6 is 0 Å². The standard InChI is InChI=1S/C25H31FO5/c1-5-21(30)31-13-19(28)22-14(2)10-18-17-7-6-15-11-16(27)8-9-24(15,4)25(17,26)20(29)12-23(18,22)3/h8-9,11,17-18,20,29H,5-7,10,12-13H2,1-4H3/t17-,18-,20-,23-,24-,25-/m0/s1. The Kier molecular flexibility index (Phi) is 5.16. The van der Waals surface area contributed by atoms with Gasteiger partial charge in [-0.05, 0) is 57.6 Å². The third-order valence-corrected chi connectivity index (χ3v) is 8.49. The molecule has 0 radical (unpaired) electrons. The number of hydrogen-bond donors (Lipinski definition) is 1. The molecule has 0 saturated heterocycles. The van der Waals surface area contributed by atoms with Gasteiger partial charge in [-0.25, -0.2) is 4.39 Å². The molecule has 0 bridgehead atoms. The summed E-state index contributed by atoms with van der Waals surface area (Å²) < 4.78 is 22.1. The second-order valence-electron chi connectivity index (χ2n) is 10.1. The summed E-state index contributed by atoms with van der Waals surface area (Å²) in [5, 5.41) is 11.2. The van der Waals surface area contributed by atoms with Gasteiger partial charge in [-0.1, -0.05) is 31.1 Å². The van der Waals surface area contributed by atoms with Crippen LogP contribution in [0.1, 0.15) is 59.8 Å². The van der Waals surface area contributed by atoms with Crippen molar-refractivity contribution in [2.24, 2.45) is 22.7 Å². The number of ether oxygens (including phenoxy) is 1. The first kappa shape index (κ1) is 22.1. The molecule has 0 spiro atoms. The molecule has 4 rings (SSSR count).